The number of aromatic nitrogens is 9. The Kier molecular flexibility index (Phi) is 4.56. The van der Waals surface area contributed by atoms with Gasteiger partial charge in [-0.3, -0.25) is 0 Å². The number of hydrogen-bond donors (Lipinski definition) is 0. The van der Waals surface area contributed by atoms with Crippen LogP contribution in [0.25, 0.3) is 22.5 Å². The van der Waals surface area contributed by atoms with Crippen molar-refractivity contribution in [1.29, 1.82) is 0 Å². The fourth-order valence-corrected chi connectivity index (χ4v) is 3.10. The number of aryl methyl sites for hydroxylation is 1. The first-order valence-electron chi connectivity index (χ1n) is 9.43. The van der Waals surface area contributed by atoms with E-state index >= 15 is 0 Å². The summed E-state index contributed by atoms with van der Waals surface area (Å²) in [6.45, 7) is 2.20. The minimum Gasteiger partial charge on any atom is -0.469 e. The topological polar surface area (TPSA) is 109 Å². The van der Waals surface area contributed by atoms with Gasteiger partial charge in [0.25, 0.3) is 0 Å². The second-order valence-electron chi connectivity index (χ2n) is 6.48. The maximum Gasteiger partial charge on any atom is 0.228 e. The van der Waals surface area contributed by atoms with E-state index in [1.165, 1.54) is 6.33 Å². The highest BCUT2D eigenvalue weighted by Crippen LogP contribution is 2.24. The quantitative estimate of drug-likeness (QED) is 0.428. The van der Waals surface area contributed by atoms with E-state index < -0.39 is 0 Å². The molecular weight excluding hydrogens is 382 g/mol. The molecule has 0 amide bonds. The van der Waals surface area contributed by atoms with Gasteiger partial charge in [0.1, 0.15) is 11.7 Å². The molecule has 5 rings (SSSR count). The fraction of sp³-hybridized carbons (Fsp3) is 0.150. The lowest BCUT2D eigenvalue weighted by Crippen LogP contribution is -2.09. The van der Waals surface area contributed by atoms with Gasteiger partial charge in [0.05, 0.1) is 11.9 Å². The van der Waals surface area contributed by atoms with Gasteiger partial charge in [0.15, 0.2) is 23.9 Å². The standard InChI is InChI=1S/C20H17N9O/c1-2-14-8-9-21-17(10-14)29-18(25-26-27-29)12-30-20-16-11-24-28(19(16)22-13-23-20)15-6-4-3-5-7-15/h3-11,13H,2,12H2,1H3. The van der Waals surface area contributed by atoms with Gasteiger partial charge in [-0.1, -0.05) is 25.1 Å². The van der Waals surface area contributed by atoms with Crippen molar-refractivity contribution >= 4 is 11.0 Å². The Bertz CT molecular complexity index is 1300. The van der Waals surface area contributed by atoms with Gasteiger partial charge in [-0.2, -0.15) is 9.78 Å². The van der Waals surface area contributed by atoms with E-state index in [1.54, 1.807) is 21.8 Å². The highest BCUT2D eigenvalue weighted by Gasteiger charge is 2.15. The van der Waals surface area contributed by atoms with Crippen LogP contribution in [0.5, 0.6) is 5.88 Å². The lowest BCUT2D eigenvalue weighted by Gasteiger charge is -2.07. The number of pyridine rings is 1. The normalized spacial score (nSPS) is 11.1. The van der Waals surface area contributed by atoms with Gasteiger partial charge < -0.3 is 4.74 Å². The number of hydrogen-bond acceptors (Lipinski definition) is 8. The zero-order chi connectivity index (χ0) is 20.3. The molecule has 0 unspecified atom stereocenters. The molecule has 10 heteroatoms. The van der Waals surface area contributed by atoms with E-state index in [1.807, 2.05) is 42.5 Å². The Labute approximate surface area is 171 Å². The molecule has 0 radical (unpaired) electrons. The summed E-state index contributed by atoms with van der Waals surface area (Å²) in [5.74, 6) is 1.56. The molecule has 0 aliphatic carbocycles. The Morgan fingerprint density at radius 3 is 2.77 bits per heavy atom. The third-order valence-electron chi connectivity index (χ3n) is 4.64. The average Bonchev–Trinajstić information content (AvgIpc) is 3.46. The van der Waals surface area contributed by atoms with Crippen LogP contribution in [0.15, 0.2) is 61.2 Å². The monoisotopic (exact) mass is 399 g/mol. The third-order valence-corrected chi connectivity index (χ3v) is 4.64. The van der Waals surface area contributed by atoms with Crippen molar-refractivity contribution in [3.8, 4) is 17.4 Å². The van der Waals surface area contributed by atoms with Gasteiger partial charge >= 0.3 is 0 Å². The molecule has 30 heavy (non-hydrogen) atoms. The van der Waals surface area contributed by atoms with E-state index in [0.29, 0.717) is 28.6 Å². The van der Waals surface area contributed by atoms with E-state index in [4.69, 9.17) is 4.74 Å². The molecule has 10 nitrogen and oxygen atoms in total. The first-order valence-corrected chi connectivity index (χ1v) is 9.43. The molecule has 5 aromatic rings. The fourth-order valence-electron chi connectivity index (χ4n) is 3.10. The zero-order valence-electron chi connectivity index (χ0n) is 16.1. The van der Waals surface area contributed by atoms with Gasteiger partial charge in [-0.05, 0) is 46.7 Å². The maximum atomic E-state index is 5.94. The van der Waals surface area contributed by atoms with Crippen LogP contribution in [0.3, 0.4) is 0 Å². The minimum atomic E-state index is 0.119. The molecule has 0 aliphatic rings. The predicted molar refractivity (Wildman–Crippen MR) is 107 cm³/mol. The molecular formula is C20H17N9O. The highest BCUT2D eigenvalue weighted by molar-refractivity contribution is 5.81. The van der Waals surface area contributed by atoms with Crippen molar-refractivity contribution in [2.75, 3.05) is 0 Å². The minimum absolute atomic E-state index is 0.119. The van der Waals surface area contributed by atoms with Crippen molar-refractivity contribution in [1.82, 2.24) is 44.9 Å². The molecule has 0 N–H and O–H groups in total. The number of rotatable bonds is 6. The van der Waals surface area contributed by atoms with E-state index in [-0.39, 0.29) is 6.61 Å². The summed E-state index contributed by atoms with van der Waals surface area (Å²) < 4.78 is 9.24. The van der Waals surface area contributed by atoms with Crippen LogP contribution >= 0.6 is 0 Å². The van der Waals surface area contributed by atoms with Crippen LogP contribution in [-0.2, 0) is 13.0 Å². The molecule has 4 heterocycles. The molecule has 4 aromatic heterocycles. The molecule has 1 aromatic carbocycles. The molecule has 148 valence electrons. The van der Waals surface area contributed by atoms with E-state index in [2.05, 4.69) is 42.5 Å². The largest absolute Gasteiger partial charge is 0.469 e. The summed E-state index contributed by atoms with van der Waals surface area (Å²) in [6.07, 6.45) is 5.78. The van der Waals surface area contributed by atoms with E-state index in [9.17, 15) is 0 Å². The molecule has 0 saturated heterocycles. The number of nitrogens with zero attached hydrogens (tertiary/aromatic N) is 9. The Morgan fingerprint density at radius 2 is 1.90 bits per heavy atom. The predicted octanol–water partition coefficient (Wildman–Crippen LogP) is 2.33. The van der Waals surface area contributed by atoms with Gasteiger partial charge in [0.2, 0.25) is 5.88 Å². The molecule has 0 aliphatic heterocycles. The number of benzene rings is 1. The first-order chi connectivity index (χ1) is 14.8. The Hall–Kier alpha value is -4.21. The zero-order valence-corrected chi connectivity index (χ0v) is 16.1. The number of para-hydroxylation sites is 1. The van der Waals surface area contributed by atoms with Crippen LogP contribution in [0, 0.1) is 0 Å². The maximum absolute atomic E-state index is 5.94. The second-order valence-corrected chi connectivity index (χ2v) is 6.48. The molecule has 0 bridgehead atoms. The van der Waals surface area contributed by atoms with Crippen molar-refractivity contribution in [2.24, 2.45) is 0 Å². The SMILES string of the molecule is CCc1ccnc(-n2nnnc2COc2ncnc3c2cnn3-c2ccccc2)c1. The van der Waals surface area contributed by atoms with Gasteiger partial charge in [-0.15, -0.1) is 5.10 Å². The molecule has 0 atom stereocenters. The van der Waals surface area contributed by atoms with E-state index in [0.717, 1.165) is 17.7 Å². The molecule has 0 saturated carbocycles. The number of tetrazole rings is 1. The van der Waals surface area contributed by atoms with Crippen LogP contribution in [0.1, 0.15) is 18.3 Å². The third kappa shape index (κ3) is 3.24. The summed E-state index contributed by atoms with van der Waals surface area (Å²) in [6, 6.07) is 13.7. The van der Waals surface area contributed by atoms with Crippen LogP contribution < -0.4 is 4.74 Å². The van der Waals surface area contributed by atoms with Crippen molar-refractivity contribution in [3.63, 3.8) is 0 Å². The van der Waals surface area contributed by atoms with Gasteiger partial charge in [-0.25, -0.2) is 19.6 Å². The Morgan fingerprint density at radius 1 is 1.00 bits per heavy atom. The van der Waals surface area contributed by atoms with Crippen LogP contribution in [0.4, 0.5) is 0 Å². The van der Waals surface area contributed by atoms with Crippen molar-refractivity contribution in [2.45, 2.75) is 20.0 Å². The Balaban J connectivity index is 1.43. The first kappa shape index (κ1) is 17.9. The summed E-state index contributed by atoms with van der Waals surface area (Å²) in [7, 11) is 0. The van der Waals surface area contributed by atoms with Crippen LogP contribution in [-0.4, -0.2) is 44.9 Å². The lowest BCUT2D eigenvalue weighted by atomic mass is 10.2. The number of ether oxygens (including phenoxy) is 1. The average molecular weight is 399 g/mol. The lowest BCUT2D eigenvalue weighted by molar-refractivity contribution is 0.284. The summed E-state index contributed by atoms with van der Waals surface area (Å²) in [4.78, 5) is 13.0. The van der Waals surface area contributed by atoms with Gasteiger partial charge in [0, 0.05) is 6.20 Å². The smallest absolute Gasteiger partial charge is 0.228 e. The summed E-state index contributed by atoms with van der Waals surface area (Å²) in [5.41, 5.74) is 2.71. The van der Waals surface area contributed by atoms with Crippen LogP contribution in [0.2, 0.25) is 0 Å². The molecule has 0 spiro atoms. The highest BCUT2D eigenvalue weighted by atomic mass is 16.5. The second kappa shape index (κ2) is 7.66. The number of fused-ring (bicyclic) bond motifs is 1. The molecule has 0 fully saturated rings. The van der Waals surface area contributed by atoms with Crippen molar-refractivity contribution in [3.05, 3.63) is 72.6 Å². The summed E-state index contributed by atoms with van der Waals surface area (Å²) >= 11 is 0. The summed E-state index contributed by atoms with van der Waals surface area (Å²) in [5, 5.41) is 17.0. The van der Waals surface area contributed by atoms with Crippen molar-refractivity contribution < 1.29 is 4.74 Å².